The molecule has 0 saturated carbocycles. The predicted octanol–water partition coefficient (Wildman–Crippen LogP) is 3.30. The van der Waals surface area contributed by atoms with E-state index in [9.17, 15) is 4.79 Å². The van der Waals surface area contributed by atoms with Crippen molar-refractivity contribution >= 4 is 48.7 Å². The van der Waals surface area contributed by atoms with Gasteiger partial charge in [-0.25, -0.2) is 0 Å². The first kappa shape index (κ1) is 13.3. The van der Waals surface area contributed by atoms with Gasteiger partial charge >= 0.3 is 37.7 Å². The molecular formula is C15H12CaO2. The smallest absolute Gasteiger partial charge is 1.00 e. The molecule has 0 amide bonds. The van der Waals surface area contributed by atoms with Crippen LogP contribution in [0.4, 0.5) is 0 Å². The van der Waals surface area contributed by atoms with Crippen molar-refractivity contribution in [1.82, 2.24) is 0 Å². The Morgan fingerprint density at radius 2 is 1.56 bits per heavy atom. The molecule has 0 atom stereocenters. The number of rotatable bonds is 1. The Bertz CT molecular complexity index is 727. The summed E-state index contributed by atoms with van der Waals surface area (Å²) in [5.74, 6) is 0.606. The van der Waals surface area contributed by atoms with Crippen LogP contribution in [-0.4, -0.2) is 37.7 Å². The third-order valence-corrected chi connectivity index (χ3v) is 2.69. The fraction of sp³-hybridized carbons (Fsp3) is 0. The third kappa shape index (κ3) is 2.51. The first-order valence-electron chi connectivity index (χ1n) is 5.43. The number of hydrogen-bond acceptors (Lipinski definition) is 2. The van der Waals surface area contributed by atoms with Gasteiger partial charge in [-0.1, -0.05) is 42.5 Å². The maximum absolute atomic E-state index is 11.9. The summed E-state index contributed by atoms with van der Waals surface area (Å²) < 4.78 is 5.73. The Hall–Kier alpha value is -1.09. The molecule has 18 heavy (non-hydrogen) atoms. The van der Waals surface area contributed by atoms with Gasteiger partial charge in [0.2, 0.25) is 0 Å². The van der Waals surface area contributed by atoms with Crippen LogP contribution in [0.25, 0.3) is 22.3 Å². The minimum Gasteiger partial charge on any atom is -1.00 e. The van der Waals surface area contributed by atoms with Crippen molar-refractivity contribution in [3.05, 3.63) is 70.9 Å². The Morgan fingerprint density at radius 3 is 2.33 bits per heavy atom. The van der Waals surface area contributed by atoms with Gasteiger partial charge in [0.25, 0.3) is 0 Å². The van der Waals surface area contributed by atoms with Crippen molar-refractivity contribution in [1.29, 1.82) is 0 Å². The average molecular weight is 264 g/mol. The summed E-state index contributed by atoms with van der Waals surface area (Å²) in [5.41, 5.74) is 1.53. The zero-order chi connectivity index (χ0) is 11.7. The molecule has 0 radical (unpaired) electrons. The first-order chi connectivity index (χ1) is 8.34. The zero-order valence-corrected chi connectivity index (χ0v) is 12.0. The average Bonchev–Trinajstić information content (AvgIpc) is 2.40. The molecule has 0 bridgehead atoms. The maximum Gasteiger partial charge on any atom is 2.00 e. The van der Waals surface area contributed by atoms with Crippen LogP contribution < -0.4 is 5.43 Å². The van der Waals surface area contributed by atoms with E-state index in [0.29, 0.717) is 16.7 Å². The molecule has 0 N–H and O–H groups in total. The minimum atomic E-state index is -0.00861. The quantitative estimate of drug-likeness (QED) is 0.631. The van der Waals surface area contributed by atoms with E-state index in [0.717, 1.165) is 5.56 Å². The van der Waals surface area contributed by atoms with Gasteiger partial charge in [-0.05, 0) is 12.1 Å². The molecule has 0 fully saturated rings. The fourth-order valence-electron chi connectivity index (χ4n) is 1.85. The molecule has 1 heterocycles. The van der Waals surface area contributed by atoms with Crippen molar-refractivity contribution < 1.29 is 7.27 Å². The van der Waals surface area contributed by atoms with E-state index in [1.807, 2.05) is 48.5 Å². The molecule has 0 unspecified atom stereocenters. The summed E-state index contributed by atoms with van der Waals surface area (Å²) in [6.07, 6.45) is 0. The number of para-hydroxylation sites is 1. The Balaban J connectivity index is 0.00000120. The van der Waals surface area contributed by atoms with Gasteiger partial charge in [0.05, 0.1) is 5.39 Å². The molecule has 3 rings (SSSR count). The van der Waals surface area contributed by atoms with E-state index in [1.165, 1.54) is 6.07 Å². The topological polar surface area (TPSA) is 30.2 Å². The predicted molar refractivity (Wildman–Crippen MR) is 75.9 cm³/mol. The maximum atomic E-state index is 11.9. The van der Waals surface area contributed by atoms with Crippen molar-refractivity contribution in [2.45, 2.75) is 0 Å². The summed E-state index contributed by atoms with van der Waals surface area (Å²) >= 11 is 0. The van der Waals surface area contributed by atoms with Gasteiger partial charge in [0, 0.05) is 11.6 Å². The van der Waals surface area contributed by atoms with Crippen LogP contribution in [0, 0.1) is 0 Å². The normalized spacial score (nSPS) is 10.0. The fourth-order valence-corrected chi connectivity index (χ4v) is 1.85. The van der Waals surface area contributed by atoms with Crippen LogP contribution in [0.15, 0.2) is 69.9 Å². The summed E-state index contributed by atoms with van der Waals surface area (Å²) in [7, 11) is 0. The van der Waals surface area contributed by atoms with Crippen LogP contribution in [0.5, 0.6) is 0 Å². The minimum absolute atomic E-state index is 0. The third-order valence-electron chi connectivity index (χ3n) is 2.69. The van der Waals surface area contributed by atoms with Crippen molar-refractivity contribution in [2.24, 2.45) is 0 Å². The Morgan fingerprint density at radius 1 is 0.889 bits per heavy atom. The molecule has 0 spiro atoms. The van der Waals surface area contributed by atoms with E-state index in [-0.39, 0.29) is 46.0 Å². The largest absolute Gasteiger partial charge is 2.00 e. The van der Waals surface area contributed by atoms with Gasteiger partial charge in [-0.3, -0.25) is 4.79 Å². The molecular weight excluding hydrogens is 252 g/mol. The molecule has 0 aliphatic rings. The molecule has 86 valence electrons. The van der Waals surface area contributed by atoms with Crippen LogP contribution >= 0.6 is 0 Å². The Labute approximate surface area is 137 Å². The molecule has 2 aromatic carbocycles. The molecule has 0 aliphatic heterocycles. The number of benzene rings is 2. The Kier molecular flexibility index (Phi) is 4.23. The molecule has 3 heteroatoms. The van der Waals surface area contributed by atoms with Gasteiger partial charge in [0.1, 0.15) is 11.3 Å². The van der Waals surface area contributed by atoms with Crippen molar-refractivity contribution in [2.75, 3.05) is 0 Å². The SMILES string of the molecule is O=c1cc(-c2ccccc2)oc2ccccc12.[Ca+2].[H-].[H-]. The summed E-state index contributed by atoms with van der Waals surface area (Å²) in [6, 6.07) is 18.4. The van der Waals surface area contributed by atoms with Gasteiger partial charge in [0.15, 0.2) is 5.43 Å². The second-order valence-electron chi connectivity index (χ2n) is 3.84. The van der Waals surface area contributed by atoms with Gasteiger partial charge in [-0.2, -0.15) is 0 Å². The molecule has 2 nitrogen and oxygen atoms in total. The van der Waals surface area contributed by atoms with Crippen molar-refractivity contribution in [3.63, 3.8) is 0 Å². The van der Waals surface area contributed by atoms with E-state index in [4.69, 9.17) is 4.42 Å². The van der Waals surface area contributed by atoms with E-state index in [2.05, 4.69) is 0 Å². The molecule has 0 aliphatic carbocycles. The van der Waals surface area contributed by atoms with Crippen LogP contribution in [0.2, 0.25) is 0 Å². The molecule has 3 aromatic rings. The van der Waals surface area contributed by atoms with E-state index in [1.54, 1.807) is 6.07 Å². The second-order valence-corrected chi connectivity index (χ2v) is 3.84. The van der Waals surface area contributed by atoms with Crippen LogP contribution in [0.1, 0.15) is 2.85 Å². The molecule has 0 saturated heterocycles. The van der Waals surface area contributed by atoms with Gasteiger partial charge in [-0.15, -0.1) is 0 Å². The van der Waals surface area contributed by atoms with Crippen LogP contribution in [0.3, 0.4) is 0 Å². The molecule has 1 aromatic heterocycles. The summed E-state index contributed by atoms with van der Waals surface area (Å²) in [6.45, 7) is 0. The zero-order valence-electron chi connectivity index (χ0n) is 11.8. The number of hydrogen-bond donors (Lipinski definition) is 0. The summed E-state index contributed by atoms with van der Waals surface area (Å²) in [4.78, 5) is 11.9. The van der Waals surface area contributed by atoms with Crippen molar-refractivity contribution in [3.8, 4) is 11.3 Å². The van der Waals surface area contributed by atoms with Gasteiger partial charge < -0.3 is 7.27 Å². The number of fused-ring (bicyclic) bond motifs is 1. The van der Waals surface area contributed by atoms with E-state index >= 15 is 0 Å². The van der Waals surface area contributed by atoms with E-state index < -0.39 is 0 Å². The van der Waals surface area contributed by atoms with Crippen LogP contribution in [-0.2, 0) is 0 Å². The monoisotopic (exact) mass is 264 g/mol. The standard InChI is InChI=1S/C15H10O2.Ca.2H/c16-13-10-15(11-6-2-1-3-7-11)17-14-9-5-4-8-12(13)14;;;/h1-10H;;;/q;+2;2*-1. The first-order valence-corrected chi connectivity index (χ1v) is 5.43. The second kappa shape index (κ2) is 5.70. The summed E-state index contributed by atoms with van der Waals surface area (Å²) in [5, 5.41) is 0.618.